The van der Waals surface area contributed by atoms with E-state index in [1.54, 1.807) is 18.2 Å². The number of nitrogens with zero attached hydrogens (tertiary/aromatic N) is 1. The van der Waals surface area contributed by atoms with Gasteiger partial charge < -0.3 is 11.1 Å². The number of hydrogen-bond donors (Lipinski definition) is 2. The first kappa shape index (κ1) is 13.6. The SMILES string of the molecule is Cc1ccc(C(=O)Nc2ccc(N)cc2C#N)c(C)c1. The lowest BCUT2D eigenvalue weighted by molar-refractivity contribution is 0.102. The largest absolute Gasteiger partial charge is 0.399 e. The van der Waals surface area contributed by atoms with Crippen LogP contribution in [0.3, 0.4) is 0 Å². The molecule has 3 N–H and O–H groups in total. The van der Waals surface area contributed by atoms with Crippen molar-refractivity contribution in [1.29, 1.82) is 5.26 Å². The van der Waals surface area contributed by atoms with E-state index in [0.717, 1.165) is 11.1 Å². The molecule has 2 rings (SSSR count). The zero-order valence-electron chi connectivity index (χ0n) is 11.4. The number of amides is 1. The summed E-state index contributed by atoms with van der Waals surface area (Å²) >= 11 is 0. The number of carbonyl (C=O) groups is 1. The van der Waals surface area contributed by atoms with Crippen LogP contribution in [0.1, 0.15) is 27.0 Å². The molecule has 0 unspecified atom stereocenters. The van der Waals surface area contributed by atoms with Crippen molar-refractivity contribution in [3.8, 4) is 6.07 Å². The molecule has 4 nitrogen and oxygen atoms in total. The third-order valence-corrected chi connectivity index (χ3v) is 3.04. The van der Waals surface area contributed by atoms with Gasteiger partial charge in [0, 0.05) is 11.3 Å². The Labute approximate surface area is 117 Å². The zero-order valence-corrected chi connectivity index (χ0v) is 11.4. The van der Waals surface area contributed by atoms with Gasteiger partial charge in [-0.2, -0.15) is 5.26 Å². The molecule has 0 aromatic heterocycles. The van der Waals surface area contributed by atoms with Crippen molar-refractivity contribution >= 4 is 17.3 Å². The van der Waals surface area contributed by atoms with Gasteiger partial charge in [-0.25, -0.2) is 0 Å². The van der Waals surface area contributed by atoms with Crippen molar-refractivity contribution in [2.45, 2.75) is 13.8 Å². The highest BCUT2D eigenvalue weighted by molar-refractivity contribution is 6.06. The van der Waals surface area contributed by atoms with Crippen molar-refractivity contribution in [3.05, 3.63) is 58.7 Å². The molecule has 0 aliphatic carbocycles. The van der Waals surface area contributed by atoms with Crippen molar-refractivity contribution in [3.63, 3.8) is 0 Å². The minimum Gasteiger partial charge on any atom is -0.399 e. The van der Waals surface area contributed by atoms with Crippen LogP contribution in [0.15, 0.2) is 36.4 Å². The number of nitrogens with two attached hydrogens (primary N) is 1. The number of hydrogen-bond acceptors (Lipinski definition) is 3. The smallest absolute Gasteiger partial charge is 0.255 e. The Hall–Kier alpha value is -2.80. The summed E-state index contributed by atoms with van der Waals surface area (Å²) in [6, 6.07) is 12.5. The second-order valence-corrected chi connectivity index (χ2v) is 4.69. The van der Waals surface area contributed by atoms with Crippen LogP contribution in [0.4, 0.5) is 11.4 Å². The minimum absolute atomic E-state index is 0.233. The van der Waals surface area contributed by atoms with Gasteiger partial charge in [-0.3, -0.25) is 4.79 Å². The van der Waals surface area contributed by atoms with E-state index in [2.05, 4.69) is 5.32 Å². The highest BCUT2D eigenvalue weighted by atomic mass is 16.1. The summed E-state index contributed by atoms with van der Waals surface area (Å²) in [7, 11) is 0. The van der Waals surface area contributed by atoms with Crippen LogP contribution in [0.2, 0.25) is 0 Å². The summed E-state index contributed by atoms with van der Waals surface area (Å²) in [4.78, 5) is 12.2. The van der Waals surface area contributed by atoms with Gasteiger partial charge in [0.1, 0.15) is 6.07 Å². The zero-order chi connectivity index (χ0) is 14.7. The van der Waals surface area contributed by atoms with Crippen molar-refractivity contribution < 1.29 is 4.79 Å². The van der Waals surface area contributed by atoms with Gasteiger partial charge in [-0.1, -0.05) is 17.7 Å². The third-order valence-electron chi connectivity index (χ3n) is 3.04. The molecule has 1 amide bonds. The van der Waals surface area contributed by atoms with E-state index in [1.165, 1.54) is 6.07 Å². The highest BCUT2D eigenvalue weighted by Gasteiger charge is 2.11. The van der Waals surface area contributed by atoms with E-state index in [4.69, 9.17) is 11.0 Å². The first-order valence-electron chi connectivity index (χ1n) is 6.19. The molecule has 20 heavy (non-hydrogen) atoms. The van der Waals surface area contributed by atoms with Crippen LogP contribution in [0.5, 0.6) is 0 Å². The molecule has 0 saturated heterocycles. The predicted molar refractivity (Wildman–Crippen MR) is 79.4 cm³/mol. The Morgan fingerprint density at radius 2 is 1.95 bits per heavy atom. The average molecular weight is 265 g/mol. The van der Waals surface area contributed by atoms with Crippen LogP contribution in [0.25, 0.3) is 0 Å². The van der Waals surface area contributed by atoms with Gasteiger partial charge in [-0.05, 0) is 43.7 Å². The molecule has 0 saturated carbocycles. The fraction of sp³-hybridized carbons (Fsp3) is 0.125. The van der Waals surface area contributed by atoms with Crippen molar-refractivity contribution in [2.24, 2.45) is 0 Å². The van der Waals surface area contributed by atoms with E-state index >= 15 is 0 Å². The molecule has 0 heterocycles. The monoisotopic (exact) mass is 265 g/mol. The fourth-order valence-electron chi connectivity index (χ4n) is 2.02. The molecule has 0 radical (unpaired) electrons. The second kappa shape index (κ2) is 5.45. The van der Waals surface area contributed by atoms with Crippen LogP contribution in [-0.2, 0) is 0 Å². The Kier molecular flexibility index (Phi) is 3.72. The lowest BCUT2D eigenvalue weighted by atomic mass is 10.0. The lowest BCUT2D eigenvalue weighted by Gasteiger charge is -2.10. The first-order chi connectivity index (χ1) is 9.51. The van der Waals surface area contributed by atoms with E-state index in [9.17, 15) is 4.79 Å². The molecule has 0 fully saturated rings. The molecule has 0 spiro atoms. The summed E-state index contributed by atoms with van der Waals surface area (Å²) in [6.07, 6.45) is 0. The molecule has 4 heteroatoms. The van der Waals surface area contributed by atoms with Crippen LogP contribution in [-0.4, -0.2) is 5.91 Å². The molecule has 0 atom stereocenters. The highest BCUT2D eigenvalue weighted by Crippen LogP contribution is 2.20. The molecule has 0 aliphatic rings. The van der Waals surface area contributed by atoms with Gasteiger partial charge in [-0.15, -0.1) is 0 Å². The van der Waals surface area contributed by atoms with Crippen LogP contribution in [0, 0.1) is 25.2 Å². The number of anilines is 2. The quantitative estimate of drug-likeness (QED) is 0.819. The molecule has 2 aromatic carbocycles. The number of carbonyl (C=O) groups excluding carboxylic acids is 1. The molecule has 100 valence electrons. The number of nitriles is 1. The maximum atomic E-state index is 12.2. The molecule has 0 bridgehead atoms. The summed E-state index contributed by atoms with van der Waals surface area (Å²) in [5, 5.41) is 11.8. The second-order valence-electron chi connectivity index (χ2n) is 4.69. The Balaban J connectivity index is 2.31. The standard InChI is InChI=1S/C16H15N3O/c1-10-3-5-14(11(2)7-10)16(20)19-15-6-4-13(18)8-12(15)9-17/h3-8H,18H2,1-2H3,(H,19,20). The number of nitrogen functional groups attached to an aromatic ring is 1. The Morgan fingerprint density at radius 3 is 2.60 bits per heavy atom. The van der Waals surface area contributed by atoms with Crippen LogP contribution >= 0.6 is 0 Å². The number of aryl methyl sites for hydroxylation is 2. The maximum absolute atomic E-state index is 12.2. The molecular weight excluding hydrogens is 250 g/mol. The minimum atomic E-state index is -0.233. The number of nitrogens with one attached hydrogen (secondary N) is 1. The van der Waals surface area contributed by atoms with Gasteiger partial charge in [0.05, 0.1) is 11.3 Å². The summed E-state index contributed by atoms with van der Waals surface area (Å²) in [5.74, 6) is -0.233. The topological polar surface area (TPSA) is 78.9 Å². The summed E-state index contributed by atoms with van der Waals surface area (Å²) in [5.41, 5.74) is 9.52. The molecule has 2 aromatic rings. The lowest BCUT2D eigenvalue weighted by Crippen LogP contribution is -2.14. The third kappa shape index (κ3) is 2.78. The molecular formula is C16H15N3O. The number of rotatable bonds is 2. The summed E-state index contributed by atoms with van der Waals surface area (Å²) in [6.45, 7) is 3.86. The molecule has 0 aliphatic heterocycles. The predicted octanol–water partition coefficient (Wildman–Crippen LogP) is 3.01. The Morgan fingerprint density at radius 1 is 1.20 bits per heavy atom. The summed E-state index contributed by atoms with van der Waals surface area (Å²) < 4.78 is 0. The normalized spacial score (nSPS) is 9.85. The van der Waals surface area contributed by atoms with Crippen molar-refractivity contribution in [2.75, 3.05) is 11.1 Å². The van der Waals surface area contributed by atoms with Crippen molar-refractivity contribution in [1.82, 2.24) is 0 Å². The van der Waals surface area contributed by atoms with Gasteiger partial charge in [0.2, 0.25) is 0 Å². The van der Waals surface area contributed by atoms with E-state index < -0.39 is 0 Å². The van der Waals surface area contributed by atoms with E-state index in [0.29, 0.717) is 22.5 Å². The fourth-order valence-corrected chi connectivity index (χ4v) is 2.02. The maximum Gasteiger partial charge on any atom is 0.255 e. The number of benzene rings is 2. The Bertz CT molecular complexity index is 714. The van der Waals surface area contributed by atoms with Gasteiger partial charge in [0.15, 0.2) is 0 Å². The first-order valence-corrected chi connectivity index (χ1v) is 6.19. The van der Waals surface area contributed by atoms with E-state index in [1.807, 2.05) is 32.0 Å². The van der Waals surface area contributed by atoms with Gasteiger partial charge >= 0.3 is 0 Å². The van der Waals surface area contributed by atoms with Crippen LogP contribution < -0.4 is 11.1 Å². The van der Waals surface area contributed by atoms with E-state index in [-0.39, 0.29) is 5.91 Å². The average Bonchev–Trinajstić information content (AvgIpc) is 2.40. The van der Waals surface area contributed by atoms with Gasteiger partial charge in [0.25, 0.3) is 5.91 Å².